The van der Waals surface area contributed by atoms with E-state index in [1.165, 1.54) is 0 Å². The summed E-state index contributed by atoms with van der Waals surface area (Å²) < 4.78 is 20.3. The molecule has 0 aromatic carbocycles. The largest absolute Gasteiger partial charge is 0.414 e. The Hall–Kier alpha value is 0.527. The van der Waals surface area contributed by atoms with Crippen LogP contribution in [0, 0.1) is 17.8 Å². The second-order valence-electron chi connectivity index (χ2n) is 10.8. The maximum Gasteiger partial charge on any atom is 0.192 e. The first-order valence-corrected chi connectivity index (χ1v) is 16.1. The molecule has 0 bridgehead atoms. The molecule has 0 rings (SSSR count). The van der Waals surface area contributed by atoms with Crippen molar-refractivity contribution >= 4 is 30.9 Å². The molecule has 0 aliphatic carbocycles. The Kier molecular flexibility index (Phi) is 15.0. The topological polar surface area (TPSA) is 47.9 Å². The Bertz CT molecular complexity index is 506. The lowest BCUT2D eigenvalue weighted by Crippen LogP contribution is -2.45. The van der Waals surface area contributed by atoms with Crippen molar-refractivity contribution in [3.63, 3.8) is 0 Å². The van der Waals surface area contributed by atoms with E-state index in [1.54, 1.807) is 14.2 Å². The van der Waals surface area contributed by atoms with Crippen molar-refractivity contribution in [3.8, 4) is 0 Å². The minimum absolute atomic E-state index is 0.0111. The van der Waals surface area contributed by atoms with Crippen LogP contribution in [0.5, 0.6) is 0 Å². The summed E-state index contributed by atoms with van der Waals surface area (Å²) in [5.74, 6) is 0.705. The number of aliphatic hydroxyl groups is 1. The third-order valence-electron chi connectivity index (χ3n) is 7.37. The van der Waals surface area contributed by atoms with Gasteiger partial charge in [0.25, 0.3) is 0 Å². The fraction of sp³-hybridized carbons (Fsp3) is 0.920. The van der Waals surface area contributed by atoms with Gasteiger partial charge in [-0.25, -0.2) is 0 Å². The normalized spacial score (nSPS) is 20.3. The van der Waals surface area contributed by atoms with E-state index in [1.807, 2.05) is 4.08 Å². The van der Waals surface area contributed by atoms with Crippen LogP contribution >= 0.6 is 22.6 Å². The first kappa shape index (κ1) is 31.5. The fourth-order valence-electron chi connectivity index (χ4n) is 3.95. The van der Waals surface area contributed by atoms with Crippen molar-refractivity contribution in [3.05, 3.63) is 10.2 Å². The van der Waals surface area contributed by atoms with E-state index in [0.717, 1.165) is 25.7 Å². The Balaban J connectivity index is 4.93. The van der Waals surface area contributed by atoms with E-state index in [4.69, 9.17) is 13.9 Å². The summed E-state index contributed by atoms with van der Waals surface area (Å²) in [6.45, 7) is 20.2. The number of rotatable bonds is 15. The van der Waals surface area contributed by atoms with Gasteiger partial charge in [-0.05, 0) is 53.8 Å². The monoisotopic (exact) mass is 570 g/mol. The predicted molar refractivity (Wildman–Crippen MR) is 144 cm³/mol. The van der Waals surface area contributed by atoms with Gasteiger partial charge in [-0.2, -0.15) is 0 Å². The van der Waals surface area contributed by atoms with Gasteiger partial charge in [0, 0.05) is 32.2 Å². The van der Waals surface area contributed by atoms with Gasteiger partial charge in [-0.1, -0.05) is 77.1 Å². The highest BCUT2D eigenvalue weighted by Gasteiger charge is 2.39. The first-order valence-electron chi connectivity index (χ1n) is 11.9. The molecule has 7 unspecified atom stereocenters. The van der Waals surface area contributed by atoms with E-state index in [-0.39, 0.29) is 41.3 Å². The molecule has 0 saturated carbocycles. The molecule has 0 amide bonds. The zero-order valence-electron chi connectivity index (χ0n) is 22.1. The van der Waals surface area contributed by atoms with Crippen LogP contribution in [-0.2, 0) is 13.9 Å². The molecule has 4 nitrogen and oxygen atoms in total. The van der Waals surface area contributed by atoms with Crippen LogP contribution in [0.25, 0.3) is 0 Å². The molecule has 0 radical (unpaired) electrons. The molecule has 0 aromatic heterocycles. The number of ether oxygens (including phenoxy) is 2. The predicted octanol–water partition coefficient (Wildman–Crippen LogP) is 7.21. The van der Waals surface area contributed by atoms with Crippen molar-refractivity contribution in [1.82, 2.24) is 0 Å². The van der Waals surface area contributed by atoms with Gasteiger partial charge in [0.1, 0.15) is 0 Å². The summed E-state index contributed by atoms with van der Waals surface area (Å²) in [5, 5.41) is 11.0. The van der Waals surface area contributed by atoms with E-state index >= 15 is 0 Å². The highest BCUT2D eigenvalue weighted by Crippen LogP contribution is 2.38. The molecule has 0 heterocycles. The van der Waals surface area contributed by atoms with E-state index < -0.39 is 8.32 Å². The van der Waals surface area contributed by atoms with Crippen molar-refractivity contribution in [1.29, 1.82) is 0 Å². The molecular formula is C25H51IO4Si. The summed E-state index contributed by atoms with van der Waals surface area (Å²) in [6, 6.07) is 0. The molecule has 0 aliphatic rings. The van der Waals surface area contributed by atoms with Gasteiger partial charge < -0.3 is 19.0 Å². The van der Waals surface area contributed by atoms with Gasteiger partial charge in [0.2, 0.25) is 0 Å². The molecule has 0 saturated heterocycles. The summed E-state index contributed by atoms with van der Waals surface area (Å²) in [4.78, 5) is 0. The molecule has 7 atom stereocenters. The van der Waals surface area contributed by atoms with Crippen LogP contribution in [0.1, 0.15) is 74.1 Å². The van der Waals surface area contributed by atoms with Crippen LogP contribution in [0.15, 0.2) is 10.2 Å². The van der Waals surface area contributed by atoms with E-state index in [9.17, 15) is 5.11 Å². The van der Waals surface area contributed by atoms with Crippen molar-refractivity contribution in [2.45, 2.75) is 117 Å². The van der Waals surface area contributed by atoms with Gasteiger partial charge in [0.05, 0.1) is 18.3 Å². The number of hydrogen-bond donors (Lipinski definition) is 1. The Morgan fingerprint density at radius 2 is 1.61 bits per heavy atom. The minimum Gasteiger partial charge on any atom is -0.414 e. The van der Waals surface area contributed by atoms with Crippen LogP contribution < -0.4 is 0 Å². The summed E-state index contributed by atoms with van der Waals surface area (Å²) in [7, 11) is 1.74. The molecule has 186 valence electrons. The van der Waals surface area contributed by atoms with E-state index in [0.29, 0.717) is 5.92 Å². The van der Waals surface area contributed by atoms with Gasteiger partial charge in [0.15, 0.2) is 8.32 Å². The summed E-state index contributed by atoms with van der Waals surface area (Å²) >= 11 is 2.23. The lowest BCUT2D eigenvalue weighted by molar-refractivity contribution is -0.0330. The SMILES string of the molecule is CCC(CC(OC)C(C)CCC(O)C(C)C(OC)C(C)/C=C/I)O[Si](C)(C)C(C)(C)C. The number of hydrogen-bond acceptors (Lipinski definition) is 4. The maximum absolute atomic E-state index is 10.8. The Morgan fingerprint density at radius 3 is 2.03 bits per heavy atom. The first-order chi connectivity index (χ1) is 14.2. The molecule has 0 aliphatic heterocycles. The van der Waals surface area contributed by atoms with E-state index in [2.05, 4.69) is 90.2 Å². The second-order valence-corrected chi connectivity index (χ2v) is 16.3. The third kappa shape index (κ3) is 10.5. The molecule has 0 aromatic rings. The molecule has 1 N–H and O–H groups in total. The lowest BCUT2D eigenvalue weighted by Gasteiger charge is -2.40. The Labute approximate surface area is 208 Å². The smallest absolute Gasteiger partial charge is 0.192 e. The van der Waals surface area contributed by atoms with Crippen molar-refractivity contribution in [2.75, 3.05) is 14.2 Å². The average Bonchev–Trinajstić information content (AvgIpc) is 2.68. The number of methoxy groups -OCH3 is 2. The standard InChI is InChI=1S/C25H51IO4Si/c1-12-21(30-31(10,11)25(5,6)7)17-23(28-8)18(2)13-14-22(27)20(4)24(29-9)19(3)15-16-26/h15-16,18-24,27H,12-14,17H2,1-11H3/b16-15+. The lowest BCUT2D eigenvalue weighted by atomic mass is 9.85. The van der Waals surface area contributed by atoms with Crippen molar-refractivity contribution < 1.29 is 19.0 Å². The minimum atomic E-state index is -1.80. The molecular weight excluding hydrogens is 519 g/mol. The second kappa shape index (κ2) is 14.7. The van der Waals surface area contributed by atoms with Gasteiger partial charge in [-0.3, -0.25) is 0 Å². The molecule has 0 fully saturated rings. The van der Waals surface area contributed by atoms with Crippen LogP contribution in [0.3, 0.4) is 0 Å². The zero-order valence-corrected chi connectivity index (χ0v) is 25.2. The highest BCUT2D eigenvalue weighted by molar-refractivity contribution is 14.1. The quantitative estimate of drug-likeness (QED) is 0.167. The fourth-order valence-corrected chi connectivity index (χ4v) is 6.05. The van der Waals surface area contributed by atoms with Gasteiger partial charge >= 0.3 is 0 Å². The average molecular weight is 571 g/mol. The van der Waals surface area contributed by atoms with Crippen LogP contribution in [0.2, 0.25) is 18.1 Å². The zero-order chi connectivity index (χ0) is 24.4. The van der Waals surface area contributed by atoms with Crippen LogP contribution in [-0.4, -0.2) is 52.1 Å². The summed E-state index contributed by atoms with van der Waals surface area (Å²) in [5.41, 5.74) is 0. The third-order valence-corrected chi connectivity index (χ3v) is 12.3. The summed E-state index contributed by atoms with van der Waals surface area (Å²) in [6.07, 6.45) is 5.69. The molecule has 31 heavy (non-hydrogen) atoms. The Morgan fingerprint density at radius 1 is 1.03 bits per heavy atom. The van der Waals surface area contributed by atoms with Crippen LogP contribution in [0.4, 0.5) is 0 Å². The molecule has 0 spiro atoms. The highest BCUT2D eigenvalue weighted by atomic mass is 127. The number of aliphatic hydroxyl groups excluding tert-OH is 1. The maximum atomic E-state index is 10.8. The molecule has 6 heteroatoms. The van der Waals surface area contributed by atoms with Crippen molar-refractivity contribution in [2.24, 2.45) is 17.8 Å². The van der Waals surface area contributed by atoms with Gasteiger partial charge in [-0.15, -0.1) is 0 Å². The number of halogens is 1.